The SMILES string of the molecule is Cc1ccnc(COc2ccc(N)cc2)c1. The summed E-state index contributed by atoms with van der Waals surface area (Å²) in [4.78, 5) is 4.22. The zero-order valence-corrected chi connectivity index (χ0v) is 9.18. The van der Waals surface area contributed by atoms with E-state index in [1.165, 1.54) is 5.56 Å². The molecule has 0 radical (unpaired) electrons. The molecule has 0 fully saturated rings. The smallest absolute Gasteiger partial charge is 0.130 e. The van der Waals surface area contributed by atoms with Crippen LogP contribution in [-0.4, -0.2) is 4.98 Å². The van der Waals surface area contributed by atoms with Gasteiger partial charge in [0.25, 0.3) is 0 Å². The van der Waals surface area contributed by atoms with Gasteiger partial charge in [0.15, 0.2) is 0 Å². The minimum Gasteiger partial charge on any atom is -0.487 e. The van der Waals surface area contributed by atoms with Crippen LogP contribution >= 0.6 is 0 Å². The lowest BCUT2D eigenvalue weighted by molar-refractivity contribution is 0.301. The van der Waals surface area contributed by atoms with E-state index < -0.39 is 0 Å². The summed E-state index contributed by atoms with van der Waals surface area (Å²) in [7, 11) is 0. The third kappa shape index (κ3) is 2.73. The van der Waals surface area contributed by atoms with Gasteiger partial charge in [0.1, 0.15) is 12.4 Å². The van der Waals surface area contributed by atoms with Crippen molar-refractivity contribution >= 4 is 5.69 Å². The number of nitrogens with two attached hydrogens (primary N) is 1. The highest BCUT2D eigenvalue weighted by atomic mass is 16.5. The third-order valence-corrected chi connectivity index (χ3v) is 2.24. The monoisotopic (exact) mass is 214 g/mol. The van der Waals surface area contributed by atoms with Crippen LogP contribution in [0.4, 0.5) is 5.69 Å². The molecule has 0 atom stereocenters. The Bertz CT molecular complexity index is 466. The number of ether oxygens (including phenoxy) is 1. The molecule has 0 amide bonds. The van der Waals surface area contributed by atoms with Gasteiger partial charge < -0.3 is 10.5 Å². The van der Waals surface area contributed by atoms with Crippen LogP contribution in [0, 0.1) is 6.92 Å². The first-order valence-electron chi connectivity index (χ1n) is 5.14. The maximum absolute atomic E-state index is 5.59. The lowest BCUT2D eigenvalue weighted by Gasteiger charge is -2.06. The van der Waals surface area contributed by atoms with Gasteiger partial charge in [0, 0.05) is 11.9 Å². The first kappa shape index (κ1) is 10.5. The maximum Gasteiger partial charge on any atom is 0.130 e. The highest BCUT2D eigenvalue weighted by Crippen LogP contribution is 2.14. The van der Waals surface area contributed by atoms with Crippen LogP contribution in [0.3, 0.4) is 0 Å². The predicted molar refractivity (Wildman–Crippen MR) is 64.2 cm³/mol. The van der Waals surface area contributed by atoms with Gasteiger partial charge in [-0.05, 0) is 48.9 Å². The molecule has 0 aliphatic heterocycles. The molecule has 1 heterocycles. The second-order valence-corrected chi connectivity index (χ2v) is 3.68. The van der Waals surface area contributed by atoms with E-state index in [9.17, 15) is 0 Å². The van der Waals surface area contributed by atoms with Gasteiger partial charge >= 0.3 is 0 Å². The predicted octanol–water partition coefficient (Wildman–Crippen LogP) is 2.55. The van der Waals surface area contributed by atoms with E-state index in [4.69, 9.17) is 10.5 Å². The number of nitrogens with zero attached hydrogens (tertiary/aromatic N) is 1. The second-order valence-electron chi connectivity index (χ2n) is 3.68. The summed E-state index contributed by atoms with van der Waals surface area (Å²) in [5.74, 6) is 0.803. The van der Waals surface area contributed by atoms with Crippen molar-refractivity contribution in [2.75, 3.05) is 5.73 Å². The summed E-state index contributed by atoms with van der Waals surface area (Å²) in [6.07, 6.45) is 1.79. The number of aromatic nitrogens is 1. The quantitative estimate of drug-likeness (QED) is 0.799. The maximum atomic E-state index is 5.59. The van der Waals surface area contributed by atoms with Crippen molar-refractivity contribution in [1.82, 2.24) is 4.98 Å². The zero-order chi connectivity index (χ0) is 11.4. The normalized spacial score (nSPS) is 10.1. The Morgan fingerprint density at radius 1 is 1.19 bits per heavy atom. The Kier molecular flexibility index (Phi) is 3.05. The van der Waals surface area contributed by atoms with Crippen LogP contribution in [0.1, 0.15) is 11.3 Å². The van der Waals surface area contributed by atoms with E-state index in [-0.39, 0.29) is 0 Å². The average Bonchev–Trinajstić information content (AvgIpc) is 2.28. The number of nitrogen functional groups attached to an aromatic ring is 1. The van der Waals surface area contributed by atoms with E-state index in [2.05, 4.69) is 4.98 Å². The zero-order valence-electron chi connectivity index (χ0n) is 9.18. The Hall–Kier alpha value is -2.03. The van der Waals surface area contributed by atoms with Crippen molar-refractivity contribution in [2.24, 2.45) is 0 Å². The Balaban J connectivity index is 1.99. The molecule has 0 saturated carbocycles. The van der Waals surface area contributed by atoms with Crippen LogP contribution < -0.4 is 10.5 Å². The molecule has 0 spiro atoms. The number of aryl methyl sites for hydroxylation is 1. The van der Waals surface area contributed by atoms with Gasteiger partial charge in [-0.1, -0.05) is 0 Å². The fourth-order valence-corrected chi connectivity index (χ4v) is 1.40. The van der Waals surface area contributed by atoms with Crippen LogP contribution in [-0.2, 0) is 6.61 Å². The lowest BCUT2D eigenvalue weighted by atomic mass is 10.2. The van der Waals surface area contributed by atoms with Gasteiger partial charge in [-0.2, -0.15) is 0 Å². The van der Waals surface area contributed by atoms with Crippen molar-refractivity contribution in [2.45, 2.75) is 13.5 Å². The van der Waals surface area contributed by atoms with Crippen LogP contribution in [0.15, 0.2) is 42.6 Å². The van der Waals surface area contributed by atoms with E-state index in [1.807, 2.05) is 43.3 Å². The molecule has 0 aliphatic carbocycles. The minimum atomic E-state index is 0.478. The summed E-state index contributed by atoms with van der Waals surface area (Å²) < 4.78 is 5.58. The Labute approximate surface area is 94.9 Å². The van der Waals surface area contributed by atoms with Gasteiger partial charge in [-0.3, -0.25) is 4.98 Å². The first-order valence-corrected chi connectivity index (χ1v) is 5.14. The van der Waals surface area contributed by atoms with Crippen LogP contribution in [0.5, 0.6) is 5.75 Å². The Morgan fingerprint density at radius 2 is 1.94 bits per heavy atom. The molecule has 2 N–H and O–H groups in total. The molecule has 16 heavy (non-hydrogen) atoms. The van der Waals surface area contributed by atoms with Gasteiger partial charge in [0.05, 0.1) is 5.69 Å². The van der Waals surface area contributed by atoms with E-state index in [0.717, 1.165) is 17.1 Å². The van der Waals surface area contributed by atoms with E-state index in [0.29, 0.717) is 6.61 Å². The number of hydrogen-bond donors (Lipinski definition) is 1. The van der Waals surface area contributed by atoms with Gasteiger partial charge in [-0.25, -0.2) is 0 Å². The van der Waals surface area contributed by atoms with Crippen LogP contribution in [0.25, 0.3) is 0 Å². The standard InChI is InChI=1S/C13H14N2O/c1-10-6-7-15-12(8-10)9-16-13-4-2-11(14)3-5-13/h2-8H,9,14H2,1H3. The molecule has 1 aromatic carbocycles. The minimum absolute atomic E-state index is 0.478. The molecule has 3 nitrogen and oxygen atoms in total. The molecule has 0 aliphatic rings. The van der Waals surface area contributed by atoms with E-state index >= 15 is 0 Å². The fourth-order valence-electron chi connectivity index (χ4n) is 1.40. The second kappa shape index (κ2) is 4.66. The van der Waals surface area contributed by atoms with E-state index in [1.54, 1.807) is 6.20 Å². The molecule has 0 unspecified atom stereocenters. The molecular formula is C13H14N2O. The molecule has 2 rings (SSSR count). The van der Waals surface area contributed by atoms with Crippen LogP contribution in [0.2, 0.25) is 0 Å². The summed E-state index contributed by atoms with van der Waals surface area (Å²) in [6.45, 7) is 2.51. The molecule has 82 valence electrons. The number of pyridine rings is 1. The summed E-state index contributed by atoms with van der Waals surface area (Å²) >= 11 is 0. The van der Waals surface area contributed by atoms with Crippen molar-refractivity contribution in [3.05, 3.63) is 53.9 Å². The largest absolute Gasteiger partial charge is 0.487 e. The van der Waals surface area contributed by atoms with Crippen molar-refractivity contribution in [1.29, 1.82) is 0 Å². The Morgan fingerprint density at radius 3 is 2.62 bits per heavy atom. The number of hydrogen-bond acceptors (Lipinski definition) is 3. The molecule has 0 saturated heterocycles. The average molecular weight is 214 g/mol. The van der Waals surface area contributed by atoms with Crippen molar-refractivity contribution < 1.29 is 4.74 Å². The number of anilines is 1. The highest BCUT2D eigenvalue weighted by Gasteiger charge is 1.97. The molecule has 2 aromatic rings. The highest BCUT2D eigenvalue weighted by molar-refractivity contribution is 5.41. The molecular weight excluding hydrogens is 200 g/mol. The first-order chi connectivity index (χ1) is 7.74. The molecule has 1 aromatic heterocycles. The lowest BCUT2D eigenvalue weighted by Crippen LogP contribution is -1.98. The summed E-state index contributed by atoms with van der Waals surface area (Å²) in [5.41, 5.74) is 8.44. The summed E-state index contributed by atoms with van der Waals surface area (Å²) in [5, 5.41) is 0. The third-order valence-electron chi connectivity index (χ3n) is 2.24. The van der Waals surface area contributed by atoms with Crippen molar-refractivity contribution in [3.8, 4) is 5.75 Å². The summed E-state index contributed by atoms with van der Waals surface area (Å²) in [6, 6.07) is 11.3. The molecule has 3 heteroatoms. The molecule has 0 bridgehead atoms. The van der Waals surface area contributed by atoms with Crippen molar-refractivity contribution in [3.63, 3.8) is 0 Å². The topological polar surface area (TPSA) is 48.1 Å². The van der Waals surface area contributed by atoms with Gasteiger partial charge in [-0.15, -0.1) is 0 Å². The fraction of sp³-hybridized carbons (Fsp3) is 0.154. The van der Waals surface area contributed by atoms with Gasteiger partial charge in [0.2, 0.25) is 0 Å². The number of rotatable bonds is 3. The number of benzene rings is 1.